The van der Waals surface area contributed by atoms with Crippen LogP contribution in [0.2, 0.25) is 0 Å². The molecular formula is C19H20N4O2S. The Morgan fingerprint density at radius 1 is 1.38 bits per heavy atom. The molecule has 4 rings (SSSR count). The van der Waals surface area contributed by atoms with Crippen LogP contribution in [0.5, 0.6) is 0 Å². The van der Waals surface area contributed by atoms with Crippen molar-refractivity contribution in [3.05, 3.63) is 56.7 Å². The molecule has 0 N–H and O–H groups in total. The largest absolute Gasteiger partial charge is 0.365 e. The minimum absolute atomic E-state index is 0.157. The van der Waals surface area contributed by atoms with Crippen LogP contribution in [0.3, 0.4) is 0 Å². The standard InChI is InChI=1S/C19H20N4O2S/c1-2-14-12-26-19(21-14)13-5-4-10-22(11-13)17-8-7-16-15(6-3-9-20-16)18(17)23(24)25/h3,6-9,12-13H,2,4-5,10-11H2,1H3. The molecule has 1 aromatic carbocycles. The monoisotopic (exact) mass is 368 g/mol. The van der Waals surface area contributed by atoms with E-state index in [2.05, 4.69) is 22.2 Å². The second kappa shape index (κ2) is 6.99. The van der Waals surface area contributed by atoms with Crippen molar-refractivity contribution in [2.24, 2.45) is 0 Å². The number of pyridine rings is 1. The van der Waals surface area contributed by atoms with Gasteiger partial charge in [-0.25, -0.2) is 4.98 Å². The summed E-state index contributed by atoms with van der Waals surface area (Å²) in [6.07, 6.45) is 4.69. The van der Waals surface area contributed by atoms with Gasteiger partial charge in [0, 0.05) is 30.6 Å². The zero-order valence-corrected chi connectivity index (χ0v) is 15.4. The molecular weight excluding hydrogens is 348 g/mol. The van der Waals surface area contributed by atoms with Gasteiger partial charge >= 0.3 is 5.69 Å². The first kappa shape index (κ1) is 16.9. The number of nitro groups is 1. The normalized spacial score (nSPS) is 17.6. The third-order valence-corrected chi connectivity index (χ3v) is 6.02. The lowest BCUT2D eigenvalue weighted by molar-refractivity contribution is -0.382. The molecule has 134 valence electrons. The molecule has 1 aliphatic heterocycles. The topological polar surface area (TPSA) is 72.2 Å². The van der Waals surface area contributed by atoms with Gasteiger partial charge < -0.3 is 4.90 Å². The summed E-state index contributed by atoms with van der Waals surface area (Å²) in [4.78, 5) is 22.7. The maximum absolute atomic E-state index is 11.8. The Morgan fingerprint density at radius 2 is 2.27 bits per heavy atom. The van der Waals surface area contributed by atoms with E-state index in [9.17, 15) is 10.1 Å². The summed E-state index contributed by atoms with van der Waals surface area (Å²) in [5, 5.41) is 15.7. The average Bonchev–Trinajstić information content (AvgIpc) is 3.16. The Hall–Kier alpha value is -2.54. The zero-order valence-electron chi connectivity index (χ0n) is 14.6. The van der Waals surface area contributed by atoms with Crippen LogP contribution in [0.1, 0.15) is 36.4 Å². The number of rotatable bonds is 4. The Morgan fingerprint density at radius 3 is 3.04 bits per heavy atom. The second-order valence-corrected chi connectivity index (χ2v) is 7.47. The summed E-state index contributed by atoms with van der Waals surface area (Å²) >= 11 is 1.71. The maximum Gasteiger partial charge on any atom is 0.301 e. The first-order chi connectivity index (χ1) is 12.7. The molecule has 0 saturated carbocycles. The Labute approximate surface area is 155 Å². The van der Waals surface area contributed by atoms with Crippen LogP contribution in [0.15, 0.2) is 35.8 Å². The Bertz CT molecular complexity index is 956. The molecule has 1 saturated heterocycles. The van der Waals surface area contributed by atoms with Gasteiger partial charge in [0.1, 0.15) is 5.69 Å². The van der Waals surface area contributed by atoms with Gasteiger partial charge in [-0.3, -0.25) is 15.1 Å². The number of piperidine rings is 1. The van der Waals surface area contributed by atoms with Gasteiger partial charge in [-0.2, -0.15) is 0 Å². The Kier molecular flexibility index (Phi) is 4.55. The molecule has 3 aromatic rings. The van der Waals surface area contributed by atoms with Gasteiger partial charge in [0.05, 0.1) is 26.5 Å². The molecule has 0 bridgehead atoms. The molecule has 3 heterocycles. The smallest absolute Gasteiger partial charge is 0.301 e. The number of aromatic nitrogens is 2. The van der Waals surface area contributed by atoms with Gasteiger partial charge in [-0.15, -0.1) is 11.3 Å². The van der Waals surface area contributed by atoms with Crippen LogP contribution in [0.4, 0.5) is 11.4 Å². The van der Waals surface area contributed by atoms with Crippen LogP contribution < -0.4 is 4.90 Å². The number of nitro benzene ring substituents is 1. The quantitative estimate of drug-likeness (QED) is 0.499. The van der Waals surface area contributed by atoms with Gasteiger partial charge in [0.15, 0.2) is 0 Å². The summed E-state index contributed by atoms with van der Waals surface area (Å²) in [7, 11) is 0. The number of hydrogen-bond acceptors (Lipinski definition) is 6. The number of nitrogens with zero attached hydrogens (tertiary/aromatic N) is 4. The fourth-order valence-corrected chi connectivity index (χ4v) is 4.67. The number of thiazole rings is 1. The van der Waals surface area contributed by atoms with Crippen molar-refractivity contribution in [1.29, 1.82) is 0 Å². The predicted octanol–water partition coefficient (Wildman–Crippen LogP) is 4.55. The molecule has 1 aliphatic rings. The SMILES string of the molecule is CCc1csc(C2CCCN(c3ccc4ncccc4c3[N+](=O)[O-])C2)n1. The van der Waals surface area contributed by atoms with E-state index in [-0.39, 0.29) is 10.6 Å². The third-order valence-electron chi connectivity index (χ3n) is 4.96. The summed E-state index contributed by atoms with van der Waals surface area (Å²) in [5.74, 6) is 0.332. The van der Waals surface area contributed by atoms with Crippen molar-refractivity contribution in [2.45, 2.75) is 32.1 Å². The minimum atomic E-state index is -0.276. The zero-order chi connectivity index (χ0) is 18.1. The van der Waals surface area contributed by atoms with Gasteiger partial charge in [0.25, 0.3) is 0 Å². The molecule has 1 fully saturated rings. The third kappa shape index (κ3) is 3.03. The van der Waals surface area contributed by atoms with Gasteiger partial charge in [0.2, 0.25) is 0 Å². The van der Waals surface area contributed by atoms with E-state index >= 15 is 0 Å². The fraction of sp³-hybridized carbons (Fsp3) is 0.368. The van der Waals surface area contributed by atoms with Crippen molar-refractivity contribution < 1.29 is 4.92 Å². The summed E-state index contributed by atoms with van der Waals surface area (Å²) in [6.45, 7) is 3.71. The number of anilines is 1. The fourth-order valence-electron chi connectivity index (χ4n) is 3.64. The van der Waals surface area contributed by atoms with E-state index in [1.54, 1.807) is 29.7 Å². The lowest BCUT2D eigenvalue weighted by atomic mass is 9.97. The molecule has 26 heavy (non-hydrogen) atoms. The van der Waals surface area contributed by atoms with E-state index in [0.717, 1.165) is 43.1 Å². The van der Waals surface area contributed by atoms with Crippen molar-refractivity contribution in [2.75, 3.05) is 18.0 Å². The maximum atomic E-state index is 11.8. The first-order valence-electron chi connectivity index (χ1n) is 8.88. The second-order valence-electron chi connectivity index (χ2n) is 6.58. The van der Waals surface area contributed by atoms with E-state index < -0.39 is 0 Å². The van der Waals surface area contributed by atoms with Crippen LogP contribution in [-0.4, -0.2) is 28.0 Å². The number of aryl methyl sites for hydroxylation is 1. The lowest BCUT2D eigenvalue weighted by Crippen LogP contribution is -2.34. The van der Waals surface area contributed by atoms with Crippen LogP contribution in [0, 0.1) is 10.1 Å². The van der Waals surface area contributed by atoms with Crippen molar-refractivity contribution in [1.82, 2.24) is 9.97 Å². The molecule has 0 amide bonds. The van der Waals surface area contributed by atoms with E-state index in [0.29, 0.717) is 22.5 Å². The minimum Gasteiger partial charge on any atom is -0.365 e. The number of benzene rings is 1. The molecule has 0 radical (unpaired) electrons. The molecule has 6 nitrogen and oxygen atoms in total. The van der Waals surface area contributed by atoms with Crippen LogP contribution >= 0.6 is 11.3 Å². The molecule has 1 unspecified atom stereocenters. The van der Waals surface area contributed by atoms with E-state index in [1.807, 2.05) is 12.1 Å². The van der Waals surface area contributed by atoms with Crippen molar-refractivity contribution in [3.63, 3.8) is 0 Å². The number of fused-ring (bicyclic) bond motifs is 1. The molecule has 1 atom stereocenters. The highest BCUT2D eigenvalue weighted by molar-refractivity contribution is 7.09. The number of hydrogen-bond donors (Lipinski definition) is 0. The van der Waals surface area contributed by atoms with Gasteiger partial charge in [-0.05, 0) is 43.5 Å². The highest BCUT2D eigenvalue weighted by atomic mass is 32.1. The summed E-state index contributed by atoms with van der Waals surface area (Å²) < 4.78 is 0. The Balaban J connectivity index is 1.70. The van der Waals surface area contributed by atoms with E-state index in [4.69, 9.17) is 4.98 Å². The van der Waals surface area contributed by atoms with E-state index in [1.165, 1.54) is 0 Å². The highest BCUT2D eigenvalue weighted by Crippen LogP contribution is 2.39. The van der Waals surface area contributed by atoms with Gasteiger partial charge in [-0.1, -0.05) is 6.92 Å². The molecule has 0 spiro atoms. The molecule has 7 heteroatoms. The average molecular weight is 368 g/mol. The van der Waals surface area contributed by atoms with Crippen molar-refractivity contribution in [3.8, 4) is 0 Å². The highest BCUT2D eigenvalue weighted by Gasteiger charge is 2.29. The van der Waals surface area contributed by atoms with Crippen LogP contribution in [-0.2, 0) is 6.42 Å². The predicted molar refractivity (Wildman–Crippen MR) is 104 cm³/mol. The molecule has 0 aliphatic carbocycles. The first-order valence-corrected chi connectivity index (χ1v) is 9.76. The van der Waals surface area contributed by atoms with Crippen molar-refractivity contribution >= 4 is 33.6 Å². The molecule has 2 aromatic heterocycles. The van der Waals surface area contributed by atoms with Crippen LogP contribution in [0.25, 0.3) is 10.9 Å². The lowest BCUT2D eigenvalue weighted by Gasteiger charge is -2.33. The summed E-state index contributed by atoms with van der Waals surface area (Å²) in [5.41, 5.74) is 2.63. The summed E-state index contributed by atoms with van der Waals surface area (Å²) in [6, 6.07) is 7.24.